The molecule has 3 aromatic rings. The summed E-state index contributed by atoms with van der Waals surface area (Å²) >= 11 is 0. The molecule has 2 bridgehead atoms. The van der Waals surface area contributed by atoms with Crippen LogP contribution >= 0.6 is 0 Å². The molecule has 0 unspecified atom stereocenters. The van der Waals surface area contributed by atoms with Gasteiger partial charge in [0.15, 0.2) is 0 Å². The van der Waals surface area contributed by atoms with Gasteiger partial charge in [0.05, 0.1) is 25.3 Å². The molecular weight excluding hydrogens is 396 g/mol. The van der Waals surface area contributed by atoms with E-state index in [0.29, 0.717) is 48.1 Å². The number of amides is 1. The van der Waals surface area contributed by atoms with Gasteiger partial charge in [0.1, 0.15) is 17.3 Å². The summed E-state index contributed by atoms with van der Waals surface area (Å²) in [5.74, 6) is 2.02. The zero-order chi connectivity index (χ0) is 21.5. The van der Waals surface area contributed by atoms with Gasteiger partial charge in [-0.1, -0.05) is 0 Å². The van der Waals surface area contributed by atoms with E-state index >= 15 is 0 Å². The first-order valence-electron chi connectivity index (χ1n) is 10.3. The van der Waals surface area contributed by atoms with E-state index in [1.807, 2.05) is 21.6 Å². The molecule has 0 radical (unpaired) electrons. The van der Waals surface area contributed by atoms with Gasteiger partial charge in [-0.3, -0.25) is 9.59 Å². The topological polar surface area (TPSA) is 89.5 Å². The number of H-pyrrole nitrogens is 1. The predicted molar refractivity (Wildman–Crippen MR) is 115 cm³/mol. The monoisotopic (exact) mass is 420 g/mol. The molecule has 2 aliphatic heterocycles. The minimum atomic E-state index is -0.0581. The van der Waals surface area contributed by atoms with Crippen LogP contribution in [0.3, 0.4) is 0 Å². The van der Waals surface area contributed by atoms with Gasteiger partial charge in [-0.25, -0.2) is 4.98 Å². The lowest BCUT2D eigenvalue weighted by molar-refractivity contribution is 0.0591. The van der Waals surface area contributed by atoms with Crippen LogP contribution in [0.4, 0.5) is 0 Å². The van der Waals surface area contributed by atoms with Crippen molar-refractivity contribution in [2.45, 2.75) is 18.9 Å². The third-order valence-corrected chi connectivity index (χ3v) is 6.28. The van der Waals surface area contributed by atoms with E-state index in [1.54, 1.807) is 44.8 Å². The van der Waals surface area contributed by atoms with Crippen LogP contribution in [0.5, 0.6) is 11.5 Å². The molecule has 8 heteroatoms. The highest BCUT2D eigenvalue weighted by Crippen LogP contribution is 2.37. The first kappa shape index (κ1) is 19.4. The highest BCUT2D eigenvalue weighted by atomic mass is 16.5. The summed E-state index contributed by atoms with van der Waals surface area (Å²) in [6.45, 7) is 1.79. The summed E-state index contributed by atoms with van der Waals surface area (Å²) in [5.41, 5.74) is 2.05. The van der Waals surface area contributed by atoms with Gasteiger partial charge >= 0.3 is 0 Å². The van der Waals surface area contributed by atoms with Crippen LogP contribution < -0.4 is 15.0 Å². The van der Waals surface area contributed by atoms with Gasteiger partial charge in [0.2, 0.25) is 0 Å². The van der Waals surface area contributed by atoms with E-state index in [2.05, 4.69) is 9.97 Å². The quantitative estimate of drug-likeness (QED) is 0.701. The van der Waals surface area contributed by atoms with Crippen molar-refractivity contribution in [1.82, 2.24) is 19.4 Å². The third kappa shape index (κ3) is 3.28. The molecule has 31 heavy (non-hydrogen) atoms. The summed E-state index contributed by atoms with van der Waals surface area (Å²) in [7, 11) is 3.13. The molecule has 8 nitrogen and oxygen atoms in total. The summed E-state index contributed by atoms with van der Waals surface area (Å²) < 4.78 is 12.5. The van der Waals surface area contributed by atoms with Crippen molar-refractivity contribution in [2.75, 3.05) is 27.3 Å². The minimum Gasteiger partial charge on any atom is -0.497 e. The van der Waals surface area contributed by atoms with Crippen LogP contribution in [0, 0.1) is 5.92 Å². The van der Waals surface area contributed by atoms with Gasteiger partial charge in [-0.2, -0.15) is 0 Å². The zero-order valence-electron chi connectivity index (χ0n) is 17.5. The maximum absolute atomic E-state index is 13.3. The third-order valence-electron chi connectivity index (χ3n) is 6.28. The minimum absolute atomic E-state index is 0.0289. The average molecular weight is 420 g/mol. The molecule has 1 amide bonds. The smallest absolute Gasteiger partial charge is 0.261 e. The van der Waals surface area contributed by atoms with Gasteiger partial charge in [0.25, 0.3) is 11.5 Å². The van der Waals surface area contributed by atoms with E-state index in [4.69, 9.17) is 9.47 Å². The number of aromatic nitrogens is 3. The van der Waals surface area contributed by atoms with E-state index in [1.165, 1.54) is 0 Å². The van der Waals surface area contributed by atoms with Crippen LogP contribution in [0.25, 0.3) is 11.4 Å². The summed E-state index contributed by atoms with van der Waals surface area (Å²) in [6.07, 6.45) is 4.33. The fourth-order valence-corrected chi connectivity index (χ4v) is 4.85. The molecule has 5 rings (SSSR count). The van der Waals surface area contributed by atoms with Crippen molar-refractivity contribution in [3.05, 3.63) is 64.3 Å². The number of nitrogens with zero attached hydrogens (tertiary/aromatic N) is 3. The normalized spacial score (nSPS) is 19.6. The molecular formula is C23H24N4O4. The van der Waals surface area contributed by atoms with Crippen molar-refractivity contribution >= 4 is 5.91 Å². The van der Waals surface area contributed by atoms with Crippen molar-refractivity contribution in [2.24, 2.45) is 5.92 Å². The Balaban J connectivity index is 1.44. The Hall–Kier alpha value is -3.55. The molecule has 1 saturated heterocycles. The fourth-order valence-electron chi connectivity index (χ4n) is 4.85. The number of carbonyl (C=O) groups excluding carboxylic acids is 1. The zero-order valence-corrected chi connectivity index (χ0v) is 17.5. The molecule has 160 valence electrons. The number of nitrogens with one attached hydrogen (secondary N) is 1. The second-order valence-corrected chi connectivity index (χ2v) is 8.10. The van der Waals surface area contributed by atoms with E-state index < -0.39 is 0 Å². The number of hydrogen-bond donors (Lipinski definition) is 1. The number of ether oxygens (including phenoxy) is 2. The van der Waals surface area contributed by atoms with Gasteiger partial charge in [0, 0.05) is 49.7 Å². The summed E-state index contributed by atoms with van der Waals surface area (Å²) in [4.78, 5) is 35.6. The lowest BCUT2D eigenvalue weighted by Gasteiger charge is -2.43. The van der Waals surface area contributed by atoms with Crippen molar-refractivity contribution in [3.63, 3.8) is 0 Å². The largest absolute Gasteiger partial charge is 0.497 e. The second kappa shape index (κ2) is 7.61. The Morgan fingerprint density at radius 2 is 2.00 bits per heavy atom. The summed E-state index contributed by atoms with van der Waals surface area (Å²) in [5, 5.41) is 0. The van der Waals surface area contributed by atoms with Gasteiger partial charge < -0.3 is 23.9 Å². The number of pyridine rings is 1. The molecule has 1 N–H and O–H groups in total. The number of aromatic amines is 1. The average Bonchev–Trinajstić information content (AvgIpc) is 3.33. The first-order valence-corrected chi connectivity index (χ1v) is 10.3. The maximum Gasteiger partial charge on any atom is 0.261 e. The Bertz CT molecular complexity index is 1180. The molecule has 2 aromatic heterocycles. The number of methoxy groups -OCH3 is 2. The lowest BCUT2D eigenvalue weighted by Crippen LogP contribution is -2.49. The van der Waals surface area contributed by atoms with Crippen LogP contribution in [0.15, 0.2) is 47.5 Å². The van der Waals surface area contributed by atoms with Crippen LogP contribution in [0.2, 0.25) is 0 Å². The molecule has 4 heterocycles. The van der Waals surface area contributed by atoms with E-state index in [0.717, 1.165) is 12.1 Å². The van der Waals surface area contributed by atoms with Crippen LogP contribution in [-0.4, -0.2) is 52.7 Å². The Morgan fingerprint density at radius 3 is 2.74 bits per heavy atom. The number of hydrogen-bond acceptors (Lipinski definition) is 5. The predicted octanol–water partition coefficient (Wildman–Crippen LogP) is 2.52. The van der Waals surface area contributed by atoms with E-state index in [-0.39, 0.29) is 23.3 Å². The molecule has 1 aromatic carbocycles. The fraction of sp³-hybridized carbons (Fsp3) is 0.348. The van der Waals surface area contributed by atoms with Gasteiger partial charge in [-0.15, -0.1) is 0 Å². The SMILES string of the molecule is COc1ccc(C(=O)N2C[C@@H]3C[C@H](C2)c2ccc(-c4ncc[nH]4)c(=O)n2C3)c(OC)c1. The second-order valence-electron chi connectivity index (χ2n) is 8.10. The number of imidazole rings is 1. The van der Waals surface area contributed by atoms with Crippen molar-refractivity contribution < 1.29 is 14.3 Å². The molecule has 2 aliphatic rings. The number of likely N-dealkylation sites (tertiary alicyclic amines) is 1. The van der Waals surface area contributed by atoms with Gasteiger partial charge in [-0.05, 0) is 36.6 Å². The Kier molecular flexibility index (Phi) is 4.77. The Labute approximate surface area is 179 Å². The lowest BCUT2D eigenvalue weighted by atomic mass is 9.82. The number of carbonyl (C=O) groups is 1. The number of piperidine rings is 1. The molecule has 0 aliphatic carbocycles. The molecule has 0 spiro atoms. The highest BCUT2D eigenvalue weighted by molar-refractivity contribution is 5.97. The molecule has 0 saturated carbocycles. The Morgan fingerprint density at radius 1 is 1.13 bits per heavy atom. The molecule has 2 atom stereocenters. The standard InChI is InChI=1S/C23H24N4O4/c1-30-16-3-4-17(20(10-16)31-2)22(28)26-11-14-9-15(13-26)19-6-5-18(21-24-7-8-25-21)23(29)27(19)12-14/h3-8,10,14-15H,9,11-13H2,1-2H3,(H,24,25)/t14-,15+/m0/s1. The van der Waals surface area contributed by atoms with Crippen LogP contribution in [0.1, 0.15) is 28.4 Å². The molecule has 1 fully saturated rings. The first-order chi connectivity index (χ1) is 15.1. The number of rotatable bonds is 4. The maximum atomic E-state index is 13.3. The van der Waals surface area contributed by atoms with Crippen LogP contribution in [-0.2, 0) is 6.54 Å². The van der Waals surface area contributed by atoms with Crippen molar-refractivity contribution in [3.8, 4) is 22.9 Å². The summed E-state index contributed by atoms with van der Waals surface area (Å²) in [6, 6.07) is 9.08. The van der Waals surface area contributed by atoms with Crippen molar-refractivity contribution in [1.29, 1.82) is 0 Å². The van der Waals surface area contributed by atoms with E-state index in [9.17, 15) is 9.59 Å². The highest BCUT2D eigenvalue weighted by Gasteiger charge is 2.37. The number of benzene rings is 1. The number of fused-ring (bicyclic) bond motifs is 4.